The lowest BCUT2D eigenvalue weighted by atomic mass is 10.0. The van der Waals surface area contributed by atoms with Crippen molar-refractivity contribution in [2.24, 2.45) is 0 Å². The number of hydrogen-bond acceptors (Lipinski definition) is 4. The van der Waals surface area contributed by atoms with Gasteiger partial charge in [-0.3, -0.25) is 4.79 Å². The number of carbonyl (C=O) groups is 1. The minimum atomic E-state index is -0.141. The van der Waals surface area contributed by atoms with Gasteiger partial charge in [0.1, 0.15) is 0 Å². The quantitative estimate of drug-likeness (QED) is 0.497. The van der Waals surface area contributed by atoms with Gasteiger partial charge in [-0.05, 0) is 47.9 Å². The van der Waals surface area contributed by atoms with Gasteiger partial charge in [-0.25, -0.2) is 4.68 Å². The van der Waals surface area contributed by atoms with E-state index in [2.05, 4.69) is 36.4 Å². The normalized spacial score (nSPS) is 14.5. The van der Waals surface area contributed by atoms with Crippen LogP contribution in [0.25, 0.3) is 5.69 Å². The summed E-state index contributed by atoms with van der Waals surface area (Å²) < 4.78 is 2.27. The maximum Gasteiger partial charge on any atom is 0.259 e. The second kappa shape index (κ2) is 8.86. The van der Waals surface area contributed by atoms with E-state index in [-0.39, 0.29) is 11.8 Å². The number of thioether (sulfide) groups is 2. The maximum atomic E-state index is 13.1. The molecule has 1 aliphatic heterocycles. The SMILES string of the molecule is CC(C)c1c(C(=O)Nc2cccc(C3SCCS3)c2)cnn1-c1ccc(Cl)cc1. The van der Waals surface area contributed by atoms with Crippen LogP contribution in [0.4, 0.5) is 5.69 Å². The van der Waals surface area contributed by atoms with Crippen LogP contribution in [0.2, 0.25) is 5.02 Å². The van der Waals surface area contributed by atoms with Crippen LogP contribution >= 0.6 is 35.1 Å². The van der Waals surface area contributed by atoms with Crippen molar-refractivity contribution in [2.45, 2.75) is 24.3 Å². The minimum Gasteiger partial charge on any atom is -0.322 e. The maximum absolute atomic E-state index is 13.1. The van der Waals surface area contributed by atoms with Gasteiger partial charge in [0.05, 0.1) is 27.7 Å². The lowest BCUT2D eigenvalue weighted by Gasteiger charge is -2.14. The molecule has 2 aromatic carbocycles. The van der Waals surface area contributed by atoms with Gasteiger partial charge in [-0.2, -0.15) is 5.10 Å². The van der Waals surface area contributed by atoms with Crippen LogP contribution in [0.5, 0.6) is 0 Å². The average Bonchev–Trinajstić information content (AvgIpc) is 3.39. The van der Waals surface area contributed by atoms with E-state index in [0.29, 0.717) is 15.2 Å². The standard InChI is InChI=1S/C22H22ClN3OS2/c1-14(2)20-19(13-24-26(20)18-8-6-16(23)7-9-18)21(27)25-17-5-3-4-15(12-17)22-28-10-11-29-22/h3-9,12-14,22H,10-11H2,1-2H3,(H,25,27). The van der Waals surface area contributed by atoms with Crippen molar-refractivity contribution in [3.05, 3.63) is 76.6 Å². The van der Waals surface area contributed by atoms with Gasteiger partial charge in [-0.1, -0.05) is 37.6 Å². The molecule has 1 fully saturated rings. The first-order valence-corrected chi connectivity index (χ1v) is 12.0. The molecule has 1 aromatic heterocycles. The molecule has 1 N–H and O–H groups in total. The molecule has 2 heterocycles. The number of carbonyl (C=O) groups excluding carboxylic acids is 1. The zero-order valence-electron chi connectivity index (χ0n) is 16.3. The van der Waals surface area contributed by atoms with Crippen LogP contribution in [0.3, 0.4) is 0 Å². The van der Waals surface area contributed by atoms with Crippen molar-refractivity contribution < 1.29 is 4.79 Å². The van der Waals surface area contributed by atoms with E-state index < -0.39 is 0 Å². The van der Waals surface area contributed by atoms with Gasteiger partial charge in [0, 0.05) is 22.2 Å². The molecule has 1 aliphatic rings. The van der Waals surface area contributed by atoms with Gasteiger partial charge >= 0.3 is 0 Å². The van der Waals surface area contributed by atoms with Gasteiger partial charge in [0.15, 0.2) is 0 Å². The number of halogens is 1. The van der Waals surface area contributed by atoms with Gasteiger partial charge < -0.3 is 5.32 Å². The van der Waals surface area contributed by atoms with Crippen LogP contribution in [0.15, 0.2) is 54.7 Å². The fraction of sp³-hybridized carbons (Fsp3) is 0.273. The van der Waals surface area contributed by atoms with Crippen LogP contribution in [0.1, 0.15) is 46.0 Å². The van der Waals surface area contributed by atoms with E-state index in [0.717, 1.165) is 17.1 Å². The molecule has 4 rings (SSSR count). The Balaban J connectivity index is 1.60. The third kappa shape index (κ3) is 4.49. The smallest absolute Gasteiger partial charge is 0.259 e. The van der Waals surface area contributed by atoms with Gasteiger partial charge in [-0.15, -0.1) is 23.5 Å². The van der Waals surface area contributed by atoms with Crippen LogP contribution < -0.4 is 5.32 Å². The second-order valence-corrected chi connectivity index (χ2v) is 10.3. The summed E-state index contributed by atoms with van der Waals surface area (Å²) in [5, 5.41) is 8.22. The largest absolute Gasteiger partial charge is 0.322 e. The molecule has 3 aromatic rings. The number of benzene rings is 2. The summed E-state index contributed by atoms with van der Waals surface area (Å²) >= 11 is 9.92. The predicted molar refractivity (Wildman–Crippen MR) is 125 cm³/mol. The average molecular weight is 444 g/mol. The Bertz CT molecular complexity index is 1010. The number of amides is 1. The molecule has 0 atom stereocenters. The highest BCUT2D eigenvalue weighted by Gasteiger charge is 2.22. The van der Waals surface area contributed by atoms with Crippen molar-refractivity contribution in [3.63, 3.8) is 0 Å². The lowest BCUT2D eigenvalue weighted by molar-refractivity contribution is 0.102. The molecule has 150 valence electrons. The molecule has 1 amide bonds. The molecule has 0 radical (unpaired) electrons. The summed E-state index contributed by atoms with van der Waals surface area (Å²) in [4.78, 5) is 13.1. The fourth-order valence-corrected chi connectivity index (χ4v) is 6.35. The highest BCUT2D eigenvalue weighted by Crippen LogP contribution is 2.45. The van der Waals surface area contributed by atoms with E-state index >= 15 is 0 Å². The van der Waals surface area contributed by atoms with E-state index in [1.807, 2.05) is 64.6 Å². The van der Waals surface area contributed by atoms with Crippen molar-refractivity contribution in [1.82, 2.24) is 9.78 Å². The van der Waals surface area contributed by atoms with Gasteiger partial charge in [0.2, 0.25) is 0 Å². The summed E-state index contributed by atoms with van der Waals surface area (Å²) in [5.74, 6) is 2.34. The van der Waals surface area contributed by atoms with E-state index in [1.54, 1.807) is 6.20 Å². The van der Waals surface area contributed by atoms with Crippen molar-refractivity contribution in [3.8, 4) is 5.69 Å². The number of nitrogens with one attached hydrogen (secondary N) is 1. The Morgan fingerprint density at radius 3 is 2.59 bits per heavy atom. The van der Waals surface area contributed by atoms with E-state index in [1.165, 1.54) is 17.1 Å². The molecule has 7 heteroatoms. The summed E-state index contributed by atoms with van der Waals surface area (Å²) in [6.45, 7) is 4.13. The summed E-state index contributed by atoms with van der Waals surface area (Å²) in [6.07, 6.45) is 1.64. The molecule has 0 aliphatic carbocycles. The third-order valence-electron chi connectivity index (χ3n) is 4.71. The van der Waals surface area contributed by atoms with Crippen LogP contribution in [-0.2, 0) is 0 Å². The molecule has 0 spiro atoms. The lowest BCUT2D eigenvalue weighted by Crippen LogP contribution is -2.15. The highest BCUT2D eigenvalue weighted by molar-refractivity contribution is 8.19. The molecule has 4 nitrogen and oxygen atoms in total. The molecule has 0 saturated carbocycles. The Morgan fingerprint density at radius 1 is 1.17 bits per heavy atom. The zero-order valence-corrected chi connectivity index (χ0v) is 18.7. The first-order chi connectivity index (χ1) is 14.0. The molecule has 29 heavy (non-hydrogen) atoms. The predicted octanol–water partition coefficient (Wildman–Crippen LogP) is 6.38. The number of aromatic nitrogens is 2. The number of hydrogen-bond donors (Lipinski definition) is 1. The zero-order chi connectivity index (χ0) is 20.4. The highest BCUT2D eigenvalue weighted by atomic mass is 35.5. The Kier molecular flexibility index (Phi) is 6.23. The third-order valence-corrected chi connectivity index (χ3v) is 8.06. The molecular formula is C22H22ClN3OS2. The number of rotatable bonds is 5. The number of anilines is 1. The topological polar surface area (TPSA) is 46.9 Å². The second-order valence-electron chi connectivity index (χ2n) is 7.14. The Hall–Kier alpha value is -1.89. The molecule has 0 bridgehead atoms. The van der Waals surface area contributed by atoms with Gasteiger partial charge in [0.25, 0.3) is 5.91 Å². The Labute approximate surface area is 184 Å². The van der Waals surface area contributed by atoms with E-state index in [4.69, 9.17) is 11.6 Å². The van der Waals surface area contributed by atoms with Crippen molar-refractivity contribution in [1.29, 1.82) is 0 Å². The first kappa shape index (κ1) is 20.4. The number of nitrogens with zero attached hydrogens (tertiary/aromatic N) is 2. The monoisotopic (exact) mass is 443 g/mol. The molecule has 1 saturated heterocycles. The molecular weight excluding hydrogens is 422 g/mol. The minimum absolute atomic E-state index is 0.131. The summed E-state index contributed by atoms with van der Waals surface area (Å²) in [7, 11) is 0. The fourth-order valence-electron chi connectivity index (χ4n) is 3.39. The summed E-state index contributed by atoms with van der Waals surface area (Å²) in [6, 6.07) is 15.6. The Morgan fingerprint density at radius 2 is 1.90 bits per heavy atom. The molecule has 0 unspecified atom stereocenters. The van der Waals surface area contributed by atoms with Crippen molar-refractivity contribution >= 4 is 46.7 Å². The summed E-state index contributed by atoms with van der Waals surface area (Å²) in [5.41, 5.74) is 4.41. The first-order valence-electron chi connectivity index (χ1n) is 9.51. The van der Waals surface area contributed by atoms with Crippen LogP contribution in [0, 0.1) is 0 Å². The van der Waals surface area contributed by atoms with Crippen molar-refractivity contribution in [2.75, 3.05) is 16.8 Å². The van der Waals surface area contributed by atoms with E-state index in [9.17, 15) is 4.79 Å². The van der Waals surface area contributed by atoms with Crippen LogP contribution in [-0.4, -0.2) is 27.2 Å².